The zero-order valence-corrected chi connectivity index (χ0v) is 13.8. The number of hydrogen-bond donors (Lipinski definition) is 1. The van der Waals surface area contributed by atoms with Crippen LogP contribution in [0, 0.1) is 5.92 Å². The summed E-state index contributed by atoms with van der Waals surface area (Å²) < 4.78 is 10.9. The largest absolute Gasteiger partial charge is 0.493 e. The van der Waals surface area contributed by atoms with E-state index < -0.39 is 0 Å². The topological polar surface area (TPSA) is 30.5 Å². The minimum atomic E-state index is 0.303. The van der Waals surface area contributed by atoms with Crippen LogP contribution in [0.25, 0.3) is 0 Å². The first-order valence-electron chi connectivity index (χ1n) is 7.65. The van der Waals surface area contributed by atoms with E-state index in [4.69, 9.17) is 9.47 Å². The summed E-state index contributed by atoms with van der Waals surface area (Å²) in [6.07, 6.45) is 0. The average molecular weight is 299 g/mol. The first-order valence-corrected chi connectivity index (χ1v) is 7.65. The fourth-order valence-electron chi connectivity index (χ4n) is 2.71. The molecule has 0 radical (unpaired) electrons. The van der Waals surface area contributed by atoms with Gasteiger partial charge in [0.2, 0.25) is 0 Å². The van der Waals surface area contributed by atoms with Crippen LogP contribution in [0.15, 0.2) is 48.5 Å². The molecular formula is C19H25NO2. The minimum absolute atomic E-state index is 0.303. The maximum atomic E-state index is 5.50. The van der Waals surface area contributed by atoms with Gasteiger partial charge in [-0.2, -0.15) is 0 Å². The third-order valence-electron chi connectivity index (χ3n) is 3.82. The van der Waals surface area contributed by atoms with Crippen LogP contribution < -0.4 is 14.8 Å². The van der Waals surface area contributed by atoms with Crippen molar-refractivity contribution in [2.24, 2.45) is 5.92 Å². The van der Waals surface area contributed by atoms with Gasteiger partial charge in [0.15, 0.2) is 11.5 Å². The van der Waals surface area contributed by atoms with Gasteiger partial charge in [0.1, 0.15) is 0 Å². The summed E-state index contributed by atoms with van der Waals surface area (Å²) in [6.45, 7) is 5.19. The number of benzene rings is 2. The number of hydrogen-bond acceptors (Lipinski definition) is 3. The zero-order chi connectivity index (χ0) is 15.9. The van der Waals surface area contributed by atoms with Crippen LogP contribution in [0.4, 0.5) is 0 Å². The molecule has 118 valence electrons. The smallest absolute Gasteiger partial charge is 0.165 e. The summed E-state index contributed by atoms with van der Waals surface area (Å²) in [5.41, 5.74) is 2.41. The second-order valence-corrected chi connectivity index (χ2v) is 5.67. The third kappa shape index (κ3) is 3.80. The highest BCUT2D eigenvalue weighted by Gasteiger charge is 2.16. The second kappa shape index (κ2) is 7.85. The Bertz CT molecular complexity index is 581. The SMILES string of the molecule is COc1cccc(CNC(c2ccccc2)C(C)C)c1OC. The van der Waals surface area contributed by atoms with Crippen LogP contribution in [-0.4, -0.2) is 14.2 Å². The van der Waals surface area contributed by atoms with Crippen LogP contribution in [0.2, 0.25) is 0 Å². The molecular weight excluding hydrogens is 274 g/mol. The van der Waals surface area contributed by atoms with Crippen LogP contribution in [0.5, 0.6) is 11.5 Å². The third-order valence-corrected chi connectivity index (χ3v) is 3.82. The highest BCUT2D eigenvalue weighted by Crippen LogP contribution is 2.31. The molecule has 0 amide bonds. The molecule has 0 aromatic heterocycles. The summed E-state index contributed by atoms with van der Waals surface area (Å²) in [6, 6.07) is 16.8. The fourth-order valence-corrected chi connectivity index (χ4v) is 2.71. The lowest BCUT2D eigenvalue weighted by molar-refractivity contribution is 0.347. The lowest BCUT2D eigenvalue weighted by atomic mass is 9.96. The van der Waals surface area contributed by atoms with Gasteiger partial charge in [0.25, 0.3) is 0 Å². The molecule has 0 spiro atoms. The maximum Gasteiger partial charge on any atom is 0.165 e. The Balaban J connectivity index is 2.17. The Morgan fingerprint density at radius 2 is 1.64 bits per heavy atom. The molecule has 2 aromatic carbocycles. The van der Waals surface area contributed by atoms with Gasteiger partial charge in [0, 0.05) is 18.2 Å². The molecule has 0 saturated carbocycles. The quantitative estimate of drug-likeness (QED) is 0.831. The number of methoxy groups -OCH3 is 2. The van der Waals surface area contributed by atoms with Crippen molar-refractivity contribution in [2.45, 2.75) is 26.4 Å². The van der Waals surface area contributed by atoms with Crippen molar-refractivity contribution in [3.8, 4) is 11.5 Å². The van der Waals surface area contributed by atoms with E-state index in [1.165, 1.54) is 5.56 Å². The molecule has 0 aliphatic heterocycles. The first kappa shape index (κ1) is 16.4. The normalized spacial score (nSPS) is 12.2. The van der Waals surface area contributed by atoms with Gasteiger partial charge in [-0.1, -0.05) is 56.3 Å². The van der Waals surface area contributed by atoms with Crippen LogP contribution in [0.3, 0.4) is 0 Å². The number of rotatable bonds is 7. The molecule has 0 aliphatic rings. The monoisotopic (exact) mass is 299 g/mol. The molecule has 22 heavy (non-hydrogen) atoms. The van der Waals surface area contributed by atoms with E-state index in [1.54, 1.807) is 14.2 Å². The van der Waals surface area contributed by atoms with E-state index in [-0.39, 0.29) is 0 Å². The van der Waals surface area contributed by atoms with E-state index in [0.29, 0.717) is 12.0 Å². The van der Waals surface area contributed by atoms with E-state index in [2.05, 4.69) is 49.5 Å². The Hall–Kier alpha value is -2.00. The predicted octanol–water partition coefficient (Wildman–Crippen LogP) is 4.19. The van der Waals surface area contributed by atoms with E-state index in [9.17, 15) is 0 Å². The van der Waals surface area contributed by atoms with Gasteiger partial charge in [-0.15, -0.1) is 0 Å². The van der Waals surface area contributed by atoms with Crippen molar-refractivity contribution < 1.29 is 9.47 Å². The van der Waals surface area contributed by atoms with Gasteiger partial charge >= 0.3 is 0 Å². The molecule has 0 aliphatic carbocycles. The molecule has 1 unspecified atom stereocenters. The Labute approximate surface area is 133 Å². The molecule has 2 aromatic rings. The Kier molecular flexibility index (Phi) is 5.84. The van der Waals surface area contributed by atoms with Gasteiger partial charge in [-0.05, 0) is 17.5 Å². The van der Waals surface area contributed by atoms with Crippen LogP contribution >= 0.6 is 0 Å². The first-order chi connectivity index (χ1) is 10.7. The standard InChI is InChI=1S/C19H25NO2/c1-14(2)18(15-9-6-5-7-10-15)20-13-16-11-8-12-17(21-3)19(16)22-4/h5-12,14,18,20H,13H2,1-4H3. The molecule has 0 bridgehead atoms. The van der Waals surface area contributed by atoms with Crippen LogP contribution in [-0.2, 0) is 6.54 Å². The molecule has 0 heterocycles. The fraction of sp³-hybridized carbons (Fsp3) is 0.368. The van der Waals surface area contributed by atoms with Crippen molar-refractivity contribution in [3.63, 3.8) is 0 Å². The molecule has 2 rings (SSSR count). The highest BCUT2D eigenvalue weighted by molar-refractivity contribution is 5.46. The van der Waals surface area contributed by atoms with Gasteiger partial charge < -0.3 is 14.8 Å². The highest BCUT2D eigenvalue weighted by atomic mass is 16.5. The Morgan fingerprint density at radius 3 is 2.23 bits per heavy atom. The number of para-hydroxylation sites is 1. The molecule has 1 atom stereocenters. The summed E-state index contributed by atoms with van der Waals surface area (Å²) in [7, 11) is 3.34. The van der Waals surface area contributed by atoms with E-state index in [1.807, 2.05) is 18.2 Å². The molecule has 1 N–H and O–H groups in total. The lowest BCUT2D eigenvalue weighted by Gasteiger charge is -2.24. The molecule has 3 heteroatoms. The van der Waals surface area contributed by atoms with Crippen molar-refractivity contribution in [3.05, 3.63) is 59.7 Å². The number of nitrogens with one attached hydrogen (secondary N) is 1. The lowest BCUT2D eigenvalue weighted by Crippen LogP contribution is -2.25. The number of ether oxygens (including phenoxy) is 2. The van der Waals surface area contributed by atoms with Crippen molar-refractivity contribution >= 4 is 0 Å². The molecule has 0 saturated heterocycles. The van der Waals surface area contributed by atoms with Gasteiger partial charge in [-0.25, -0.2) is 0 Å². The summed E-state index contributed by atoms with van der Waals surface area (Å²) in [5, 5.41) is 3.64. The Morgan fingerprint density at radius 1 is 0.909 bits per heavy atom. The maximum absolute atomic E-state index is 5.50. The van der Waals surface area contributed by atoms with Crippen molar-refractivity contribution in [1.82, 2.24) is 5.32 Å². The van der Waals surface area contributed by atoms with Gasteiger partial charge in [-0.3, -0.25) is 0 Å². The average Bonchev–Trinajstić information content (AvgIpc) is 2.55. The van der Waals surface area contributed by atoms with E-state index in [0.717, 1.165) is 23.6 Å². The molecule has 3 nitrogen and oxygen atoms in total. The van der Waals surface area contributed by atoms with Crippen LogP contribution in [0.1, 0.15) is 31.0 Å². The zero-order valence-electron chi connectivity index (χ0n) is 13.8. The summed E-state index contributed by atoms with van der Waals surface area (Å²) in [5.74, 6) is 2.06. The molecule has 0 fully saturated rings. The van der Waals surface area contributed by atoms with E-state index >= 15 is 0 Å². The minimum Gasteiger partial charge on any atom is -0.493 e. The summed E-state index contributed by atoms with van der Waals surface area (Å²) >= 11 is 0. The van der Waals surface area contributed by atoms with Crippen molar-refractivity contribution in [1.29, 1.82) is 0 Å². The second-order valence-electron chi connectivity index (χ2n) is 5.67. The van der Waals surface area contributed by atoms with Crippen molar-refractivity contribution in [2.75, 3.05) is 14.2 Å². The predicted molar refractivity (Wildman–Crippen MR) is 90.4 cm³/mol. The summed E-state index contributed by atoms with van der Waals surface area (Å²) in [4.78, 5) is 0. The van der Waals surface area contributed by atoms with Gasteiger partial charge in [0.05, 0.1) is 14.2 Å².